The molecule has 21 heteroatoms. The van der Waals surface area contributed by atoms with Crippen LogP contribution >= 0.6 is 0 Å². The van der Waals surface area contributed by atoms with E-state index in [4.69, 9.17) is 25.7 Å². The number of aliphatic hydroxyl groups is 4. The maximum Gasteiger partial charge on any atom is 0.252 e. The molecule has 1 saturated heterocycles. The van der Waals surface area contributed by atoms with Gasteiger partial charge in [0.2, 0.25) is 23.6 Å². The van der Waals surface area contributed by atoms with Crippen molar-refractivity contribution in [1.82, 2.24) is 31.5 Å². The fourth-order valence-electron chi connectivity index (χ4n) is 8.80. The second-order valence-electron chi connectivity index (χ2n) is 18.1. The number of benzene rings is 3. The number of aryl methyl sites for hydroxylation is 2. The molecule has 2 aliphatic rings. The van der Waals surface area contributed by atoms with E-state index in [1.165, 1.54) is 14.0 Å². The second-order valence-corrected chi connectivity index (χ2v) is 18.1. The number of nitrogens with one attached hydrogen (secondary N) is 5. The third-order valence-corrected chi connectivity index (χ3v) is 12.7. The molecule has 21 nitrogen and oxygen atoms in total. The van der Waals surface area contributed by atoms with Crippen molar-refractivity contribution in [2.75, 3.05) is 53.0 Å². The van der Waals surface area contributed by atoms with E-state index in [1.54, 1.807) is 49.4 Å². The predicted octanol–water partition coefficient (Wildman–Crippen LogP) is -0.277. The number of hydrogen-bond donors (Lipinski definition) is 11. The molecule has 1 fully saturated rings. The zero-order valence-electron chi connectivity index (χ0n) is 41.4. The Morgan fingerprint density at radius 2 is 1.62 bits per heavy atom. The summed E-state index contributed by atoms with van der Waals surface area (Å²) in [6.45, 7) is 4.70. The summed E-state index contributed by atoms with van der Waals surface area (Å²) in [6, 6.07) is 10.7. The van der Waals surface area contributed by atoms with Gasteiger partial charge in [-0.1, -0.05) is 50.5 Å². The molecule has 0 saturated carbocycles. The number of aliphatic hydroxyl groups excluding tert-OH is 4. The van der Waals surface area contributed by atoms with E-state index in [0.717, 1.165) is 42.6 Å². The topological polar surface area (TPSA) is 333 Å². The number of fused-ring (bicyclic) bond motifs is 5. The zero-order valence-corrected chi connectivity index (χ0v) is 41.4. The summed E-state index contributed by atoms with van der Waals surface area (Å²) in [7, 11) is 1.37. The van der Waals surface area contributed by atoms with Crippen molar-refractivity contribution < 1.29 is 58.6 Å². The molecule has 0 radical (unpaired) electrons. The maximum atomic E-state index is 15.1. The van der Waals surface area contributed by atoms with Gasteiger partial charge in [0, 0.05) is 43.2 Å². The highest BCUT2D eigenvalue weighted by atomic mass is 16.6. The van der Waals surface area contributed by atoms with E-state index in [9.17, 15) is 44.9 Å². The number of unbranched alkanes of at least 4 members (excludes halogenated alkanes) is 3. The van der Waals surface area contributed by atoms with Crippen LogP contribution in [0.3, 0.4) is 0 Å². The fraction of sp³-hybridized carbons (Fsp3) is 0.529. The second kappa shape index (κ2) is 27.6. The van der Waals surface area contributed by atoms with E-state index in [0.29, 0.717) is 39.3 Å². The van der Waals surface area contributed by atoms with Crippen LogP contribution in [0.15, 0.2) is 54.6 Å². The molecule has 2 aliphatic heterocycles. The van der Waals surface area contributed by atoms with Crippen molar-refractivity contribution >= 4 is 29.5 Å². The molecule has 5 amide bonds. The van der Waals surface area contributed by atoms with Gasteiger partial charge in [-0.15, -0.1) is 0 Å². The van der Waals surface area contributed by atoms with Crippen molar-refractivity contribution in [3.8, 4) is 28.7 Å². The lowest BCUT2D eigenvalue weighted by Gasteiger charge is -2.40. The minimum atomic E-state index is -1.67. The third kappa shape index (κ3) is 14.7. The maximum absolute atomic E-state index is 15.1. The summed E-state index contributed by atoms with van der Waals surface area (Å²) >= 11 is 0. The number of carbonyl (C=O) groups is 5. The number of likely N-dealkylation sites (N-methyl/N-ethyl adjacent to an activating group) is 1. The van der Waals surface area contributed by atoms with E-state index in [2.05, 4.69) is 33.5 Å². The minimum Gasteiger partial charge on any atom is -0.492 e. The molecular weight excluding hydrogens is 931 g/mol. The highest BCUT2D eigenvalue weighted by Crippen LogP contribution is 2.40. The average Bonchev–Trinajstić information content (AvgIpc) is 3.36. The molecule has 0 unspecified atom stereocenters. The Kier molecular flexibility index (Phi) is 21.7. The highest BCUT2D eigenvalue weighted by Gasteiger charge is 2.44. The van der Waals surface area contributed by atoms with Crippen molar-refractivity contribution in [2.24, 2.45) is 11.5 Å². The molecule has 72 heavy (non-hydrogen) atoms. The van der Waals surface area contributed by atoms with E-state index in [-0.39, 0.29) is 57.8 Å². The fourth-order valence-corrected chi connectivity index (χ4v) is 8.80. The molecule has 3 aromatic rings. The average molecular weight is 1000 g/mol. The Morgan fingerprint density at radius 3 is 2.28 bits per heavy atom. The smallest absolute Gasteiger partial charge is 0.252 e. The summed E-state index contributed by atoms with van der Waals surface area (Å²) in [6.07, 6.45) is -1.21. The van der Waals surface area contributed by atoms with Gasteiger partial charge in [0.1, 0.15) is 73.7 Å². The Hall–Kier alpha value is -6.22. The van der Waals surface area contributed by atoms with Crippen LogP contribution < -0.4 is 47.5 Å². The van der Waals surface area contributed by atoms with Gasteiger partial charge in [-0.3, -0.25) is 24.0 Å². The number of nitrogens with zero attached hydrogens (tertiary/aromatic N) is 2. The lowest BCUT2D eigenvalue weighted by atomic mass is 9.93. The van der Waals surface area contributed by atoms with E-state index < -0.39 is 91.0 Å². The number of ether oxygens (including phenoxy) is 3. The first-order valence-corrected chi connectivity index (χ1v) is 24.5. The number of carbonyl (C=O) groups excluding carboxylic acids is 5. The zero-order chi connectivity index (χ0) is 52.5. The molecule has 4 bridgehead atoms. The van der Waals surface area contributed by atoms with Gasteiger partial charge in [0.05, 0.1) is 18.7 Å². The molecule has 0 aromatic heterocycles. The lowest BCUT2D eigenvalue weighted by molar-refractivity contribution is -0.254. The SMILES string of the molecule is CCCCCCc1ccc(C(=O)N[C@@H](CCN[C@@H]2[C@@H](O)[C@H](O)[C@@H](CO)O[C@@H]2O)C(=O)N(C)[C@@H]2C(=O)N[C@@H](C)C(=O)N[C@H](C(=O)NCC#N)Cc3ccc(OCCN)c(c3)-c3cc2ccc3OCCN)c(C)c1. The van der Waals surface area contributed by atoms with Crippen LogP contribution in [-0.4, -0.2) is 157 Å². The summed E-state index contributed by atoms with van der Waals surface area (Å²) in [5, 5.41) is 64.6. The van der Waals surface area contributed by atoms with Gasteiger partial charge < -0.3 is 77.6 Å². The molecule has 0 aliphatic carbocycles. The van der Waals surface area contributed by atoms with Gasteiger partial charge >= 0.3 is 0 Å². The number of rotatable bonds is 22. The van der Waals surface area contributed by atoms with Crippen molar-refractivity contribution in [1.29, 1.82) is 5.26 Å². The summed E-state index contributed by atoms with van der Waals surface area (Å²) < 4.78 is 17.5. The van der Waals surface area contributed by atoms with E-state index >= 15 is 4.79 Å². The van der Waals surface area contributed by atoms with Gasteiger partial charge in [-0.05, 0) is 92.2 Å². The number of nitrogens with two attached hydrogens (primary N) is 2. The Labute approximate surface area is 419 Å². The molecule has 3 aromatic carbocycles. The number of amides is 5. The number of hydrogen-bond acceptors (Lipinski definition) is 16. The van der Waals surface area contributed by atoms with Crippen molar-refractivity contribution in [2.45, 2.75) is 121 Å². The molecule has 13 N–H and O–H groups in total. The first-order valence-electron chi connectivity index (χ1n) is 24.5. The van der Waals surface area contributed by atoms with Crippen LogP contribution in [0.25, 0.3) is 11.1 Å². The van der Waals surface area contributed by atoms with Crippen molar-refractivity contribution in [3.63, 3.8) is 0 Å². The normalized spacial score (nSPS) is 22.5. The molecule has 2 heterocycles. The summed E-state index contributed by atoms with van der Waals surface area (Å²) in [4.78, 5) is 72.6. The van der Waals surface area contributed by atoms with Gasteiger partial charge in [0.25, 0.3) is 5.91 Å². The van der Waals surface area contributed by atoms with Crippen LogP contribution in [0.2, 0.25) is 0 Å². The minimum absolute atomic E-state index is 0.0352. The molecule has 0 spiro atoms. The van der Waals surface area contributed by atoms with Crippen LogP contribution in [0, 0.1) is 18.3 Å². The number of nitriles is 1. The van der Waals surface area contributed by atoms with Crippen LogP contribution in [0.4, 0.5) is 0 Å². The highest BCUT2D eigenvalue weighted by molar-refractivity contribution is 6.00. The third-order valence-electron chi connectivity index (χ3n) is 12.7. The Bertz CT molecular complexity index is 2380. The van der Waals surface area contributed by atoms with Crippen molar-refractivity contribution in [3.05, 3.63) is 82.4 Å². The van der Waals surface area contributed by atoms with Crippen LogP contribution in [0.1, 0.15) is 84.6 Å². The molecular formula is C51H71N9O12. The first-order chi connectivity index (χ1) is 34.6. The largest absolute Gasteiger partial charge is 0.492 e. The molecule has 392 valence electrons. The predicted molar refractivity (Wildman–Crippen MR) is 265 cm³/mol. The summed E-state index contributed by atoms with van der Waals surface area (Å²) in [5.74, 6) is -2.89. The van der Waals surface area contributed by atoms with E-state index in [1.807, 2.05) is 18.2 Å². The Balaban J connectivity index is 1.59. The first kappa shape index (κ1) is 56.7. The van der Waals surface area contributed by atoms with Gasteiger partial charge in [-0.25, -0.2) is 0 Å². The molecule has 9 atom stereocenters. The Morgan fingerprint density at radius 1 is 0.931 bits per heavy atom. The van der Waals surface area contributed by atoms with Gasteiger partial charge in [-0.2, -0.15) is 5.26 Å². The van der Waals surface area contributed by atoms with Crippen LogP contribution in [0.5, 0.6) is 11.5 Å². The molecule has 5 rings (SSSR count). The quantitative estimate of drug-likeness (QED) is 0.0456. The lowest BCUT2D eigenvalue weighted by Crippen LogP contribution is -2.63. The monoisotopic (exact) mass is 1000 g/mol. The van der Waals surface area contributed by atoms with Crippen LogP contribution in [-0.2, 0) is 36.8 Å². The standard InChI is InChI=1S/C51H71N9O12/c1-5-6-7-8-9-31-10-13-34(29(2)24-31)47(65)58-37(16-20-55-42-45(63)44(62)41(28-61)72-51(42)69)50(68)60(4)43-33-12-15-40(71-23-19-54)36(27-33)35-25-32(11-14-39(35)70-22-18-53)26-38(48(66)56-21-17-52)59-46(64)30(3)57-49(43)67/h10-15,24-25,27,30,37-38,41-45,51,55,61-63,69H,5-9,16,18-23,26,28,53-54H2,1-4H3,(H,56,66)(H,57,67)(H,58,65)(H,59,64)/t30-,37-,38-,41+,42+,43-,44+,45+,51-/m0/s1. The van der Waals surface area contributed by atoms with Gasteiger partial charge in [0.15, 0.2) is 6.29 Å². The summed E-state index contributed by atoms with van der Waals surface area (Å²) in [5.41, 5.74) is 15.4.